The zero-order valence-electron chi connectivity index (χ0n) is 19.1. The van der Waals surface area contributed by atoms with E-state index < -0.39 is 42.1 Å². The summed E-state index contributed by atoms with van der Waals surface area (Å²) < 4.78 is 93.6. The van der Waals surface area contributed by atoms with Crippen LogP contribution in [0.2, 0.25) is 0 Å². The van der Waals surface area contributed by atoms with Gasteiger partial charge >= 0.3 is 24.0 Å². The van der Waals surface area contributed by atoms with Crippen molar-refractivity contribution in [3.63, 3.8) is 0 Å². The summed E-state index contributed by atoms with van der Waals surface area (Å²) in [5.41, 5.74) is -5.75. The SMILES string of the molecule is O=C(O)C(CO)c1ccc(C(=O)N2CC[C@H]3c4ccc(C(F)(C(F)(F)F)C(F)(F)F)cc4CC[C@H]32)cc1. The summed E-state index contributed by atoms with van der Waals surface area (Å²) in [5.74, 6) is -3.05. The molecule has 5 nitrogen and oxygen atoms in total. The molecule has 1 aliphatic carbocycles. The third-order valence-electron chi connectivity index (χ3n) is 7.28. The van der Waals surface area contributed by atoms with Crippen LogP contribution < -0.4 is 0 Å². The number of likely N-dealkylation sites (tertiary alicyclic amines) is 1. The molecule has 1 saturated heterocycles. The zero-order chi connectivity index (χ0) is 27.3. The number of carboxylic acid groups (broad SMARTS) is 1. The number of halogens is 7. The average Bonchev–Trinajstić information content (AvgIpc) is 3.26. The fourth-order valence-corrected chi connectivity index (χ4v) is 5.37. The number of carbonyl (C=O) groups is 2. The lowest BCUT2D eigenvalue weighted by Crippen LogP contribution is -2.50. The van der Waals surface area contributed by atoms with Crippen LogP contribution in [0.25, 0.3) is 0 Å². The highest BCUT2D eigenvalue weighted by Crippen LogP contribution is 2.54. The summed E-state index contributed by atoms with van der Waals surface area (Å²) in [4.78, 5) is 26.0. The van der Waals surface area contributed by atoms with Crippen molar-refractivity contribution in [1.29, 1.82) is 0 Å². The van der Waals surface area contributed by atoms with E-state index in [-0.39, 0.29) is 41.8 Å². The van der Waals surface area contributed by atoms with Crippen molar-refractivity contribution in [2.45, 2.75) is 55.2 Å². The Morgan fingerprint density at radius 1 is 0.946 bits per heavy atom. The van der Waals surface area contributed by atoms with Crippen molar-refractivity contribution in [2.24, 2.45) is 0 Å². The minimum Gasteiger partial charge on any atom is -0.481 e. The van der Waals surface area contributed by atoms with Crippen molar-refractivity contribution in [3.8, 4) is 0 Å². The number of nitrogens with zero attached hydrogens (tertiary/aromatic N) is 1. The summed E-state index contributed by atoms with van der Waals surface area (Å²) in [6, 6.07) is 7.63. The standard InChI is InChI=1S/C25H22F7NO4/c26-23(24(27,28)29,25(30,31)32)16-6-7-17-15(11-16)5-8-20-18(17)9-10-33(20)21(35)14-3-1-13(2-4-14)19(12-34)22(36)37/h1-4,6-7,11,18-20,34H,5,8-10,12H2,(H,36,37)/t18-,19?,20+/m0/s1. The molecule has 0 spiro atoms. The van der Waals surface area contributed by atoms with Gasteiger partial charge in [-0.1, -0.05) is 30.3 Å². The molecule has 1 aliphatic heterocycles. The number of amides is 1. The first-order chi connectivity index (χ1) is 17.2. The lowest BCUT2D eigenvalue weighted by molar-refractivity contribution is -0.348. The number of hydrogen-bond donors (Lipinski definition) is 2. The van der Waals surface area contributed by atoms with Gasteiger partial charge in [-0.3, -0.25) is 9.59 Å². The number of carbonyl (C=O) groups excluding carboxylic acids is 1. The van der Waals surface area contributed by atoms with Crippen molar-refractivity contribution in [1.82, 2.24) is 4.90 Å². The molecule has 0 bridgehead atoms. The van der Waals surface area contributed by atoms with Crippen LogP contribution in [0.15, 0.2) is 42.5 Å². The van der Waals surface area contributed by atoms with E-state index in [2.05, 4.69) is 0 Å². The van der Waals surface area contributed by atoms with E-state index in [1.807, 2.05) is 0 Å². The fraction of sp³-hybridized carbons (Fsp3) is 0.440. The van der Waals surface area contributed by atoms with Crippen LogP contribution in [0, 0.1) is 0 Å². The van der Waals surface area contributed by atoms with E-state index >= 15 is 0 Å². The number of benzene rings is 2. The van der Waals surface area contributed by atoms with Gasteiger partial charge in [0.15, 0.2) is 0 Å². The molecule has 2 N–H and O–H groups in total. The van der Waals surface area contributed by atoms with E-state index in [1.54, 1.807) is 4.90 Å². The Morgan fingerprint density at radius 3 is 2.11 bits per heavy atom. The average molecular weight is 533 g/mol. The molecule has 12 heteroatoms. The van der Waals surface area contributed by atoms with Gasteiger partial charge in [0, 0.05) is 29.6 Å². The molecular weight excluding hydrogens is 511 g/mol. The predicted molar refractivity (Wildman–Crippen MR) is 116 cm³/mol. The van der Waals surface area contributed by atoms with E-state index in [0.717, 1.165) is 6.07 Å². The third-order valence-corrected chi connectivity index (χ3v) is 7.28. The van der Waals surface area contributed by atoms with Gasteiger partial charge in [0.25, 0.3) is 5.91 Å². The molecule has 1 heterocycles. The molecule has 2 aliphatic rings. The van der Waals surface area contributed by atoms with Gasteiger partial charge in [0.05, 0.1) is 6.61 Å². The van der Waals surface area contributed by atoms with Crippen LogP contribution in [-0.2, 0) is 16.9 Å². The highest BCUT2D eigenvalue weighted by molar-refractivity contribution is 5.95. The molecule has 3 atom stereocenters. The van der Waals surface area contributed by atoms with E-state index in [0.29, 0.717) is 36.2 Å². The Kier molecular flexibility index (Phi) is 6.76. The summed E-state index contributed by atoms with van der Waals surface area (Å²) in [6.45, 7) is -0.321. The number of hydrogen-bond acceptors (Lipinski definition) is 3. The van der Waals surface area contributed by atoms with E-state index in [9.17, 15) is 45.4 Å². The molecule has 1 unspecified atom stereocenters. The van der Waals surface area contributed by atoms with Crippen molar-refractivity contribution in [2.75, 3.05) is 13.2 Å². The van der Waals surface area contributed by atoms with Crippen LogP contribution in [0.3, 0.4) is 0 Å². The van der Waals surface area contributed by atoms with Crippen LogP contribution >= 0.6 is 0 Å². The molecule has 4 rings (SSSR count). The van der Waals surface area contributed by atoms with Gasteiger partial charge in [-0.25, -0.2) is 4.39 Å². The molecule has 2 aromatic carbocycles. The summed E-state index contributed by atoms with van der Waals surface area (Å²) in [6.07, 6.45) is -11.6. The van der Waals surface area contributed by atoms with Crippen LogP contribution in [0.4, 0.5) is 30.7 Å². The van der Waals surface area contributed by atoms with Crippen LogP contribution in [0.5, 0.6) is 0 Å². The largest absolute Gasteiger partial charge is 0.481 e. The number of carboxylic acids is 1. The summed E-state index contributed by atoms with van der Waals surface area (Å²) >= 11 is 0. The van der Waals surface area contributed by atoms with Gasteiger partial charge in [-0.15, -0.1) is 0 Å². The number of alkyl halides is 7. The second-order valence-corrected chi connectivity index (χ2v) is 9.26. The van der Waals surface area contributed by atoms with E-state index in [1.165, 1.54) is 24.3 Å². The Bertz CT molecular complexity index is 1180. The molecule has 0 saturated carbocycles. The van der Waals surface area contributed by atoms with Crippen LogP contribution in [-0.4, -0.2) is 58.5 Å². The maximum atomic E-state index is 14.5. The number of aliphatic hydroxyl groups is 1. The minimum absolute atomic E-state index is 0.0651. The van der Waals surface area contributed by atoms with Gasteiger partial charge in [0.1, 0.15) is 5.92 Å². The number of rotatable bonds is 5. The number of aliphatic carboxylic acids is 1. The first-order valence-corrected chi connectivity index (χ1v) is 11.4. The Hall–Kier alpha value is -3.15. The second kappa shape index (κ2) is 9.30. The quantitative estimate of drug-likeness (QED) is 0.526. The van der Waals surface area contributed by atoms with Gasteiger partial charge < -0.3 is 15.1 Å². The second-order valence-electron chi connectivity index (χ2n) is 9.26. The lowest BCUT2D eigenvalue weighted by Gasteiger charge is -2.35. The number of aliphatic hydroxyl groups excluding tert-OH is 1. The van der Waals surface area contributed by atoms with E-state index in [4.69, 9.17) is 5.11 Å². The number of fused-ring (bicyclic) bond motifs is 3. The van der Waals surface area contributed by atoms with Gasteiger partial charge in [-0.2, -0.15) is 26.3 Å². The molecule has 37 heavy (non-hydrogen) atoms. The molecular formula is C25H22F7NO4. The molecule has 0 radical (unpaired) electrons. The van der Waals surface area contributed by atoms with Crippen molar-refractivity contribution < 1.29 is 50.5 Å². The Balaban J connectivity index is 1.57. The van der Waals surface area contributed by atoms with Crippen molar-refractivity contribution in [3.05, 3.63) is 70.3 Å². The normalized spacial score (nSPS) is 20.8. The highest BCUT2D eigenvalue weighted by atomic mass is 19.4. The summed E-state index contributed by atoms with van der Waals surface area (Å²) in [5, 5.41) is 18.4. The lowest BCUT2D eigenvalue weighted by atomic mass is 9.77. The maximum Gasteiger partial charge on any atom is 0.435 e. The first-order valence-electron chi connectivity index (χ1n) is 11.4. The minimum atomic E-state index is -6.19. The highest BCUT2D eigenvalue weighted by Gasteiger charge is 2.73. The van der Waals surface area contributed by atoms with Gasteiger partial charge in [0.2, 0.25) is 0 Å². The van der Waals surface area contributed by atoms with Crippen molar-refractivity contribution >= 4 is 11.9 Å². The number of aryl methyl sites for hydroxylation is 1. The maximum absolute atomic E-state index is 14.5. The Morgan fingerprint density at radius 2 is 1.57 bits per heavy atom. The third kappa shape index (κ3) is 4.45. The first kappa shape index (κ1) is 26.9. The summed E-state index contributed by atoms with van der Waals surface area (Å²) in [7, 11) is 0. The zero-order valence-corrected chi connectivity index (χ0v) is 19.1. The fourth-order valence-electron chi connectivity index (χ4n) is 5.37. The molecule has 1 fully saturated rings. The predicted octanol–water partition coefficient (Wildman–Crippen LogP) is 5.08. The smallest absolute Gasteiger partial charge is 0.435 e. The molecule has 2 aromatic rings. The van der Waals surface area contributed by atoms with Crippen LogP contribution in [0.1, 0.15) is 57.3 Å². The van der Waals surface area contributed by atoms with Gasteiger partial charge in [-0.05, 0) is 48.1 Å². The Labute approximate surface area is 206 Å². The molecule has 200 valence electrons. The topological polar surface area (TPSA) is 77.8 Å². The monoisotopic (exact) mass is 533 g/mol. The molecule has 0 aromatic heterocycles. The molecule has 1 amide bonds.